The van der Waals surface area contributed by atoms with Gasteiger partial charge in [-0.05, 0) is 58.4 Å². The molecule has 0 bridgehead atoms. The zero-order valence-electron chi connectivity index (χ0n) is 15.9. The summed E-state index contributed by atoms with van der Waals surface area (Å²) < 4.78 is 7.71. The van der Waals surface area contributed by atoms with Gasteiger partial charge in [-0.2, -0.15) is 5.10 Å². The second kappa shape index (κ2) is 12.5. The topological polar surface area (TPSA) is 63.5 Å². The fraction of sp³-hybridized carbons (Fsp3) is 0.778. The molecular weight excluding hydrogens is 429 g/mol. The highest BCUT2D eigenvalue weighted by atomic mass is 127. The van der Waals surface area contributed by atoms with Gasteiger partial charge < -0.3 is 15.4 Å². The van der Waals surface area contributed by atoms with Crippen LogP contribution in [0.4, 0.5) is 0 Å². The van der Waals surface area contributed by atoms with E-state index in [1.165, 1.54) is 18.5 Å². The van der Waals surface area contributed by atoms with Crippen molar-refractivity contribution in [2.45, 2.75) is 53.0 Å². The van der Waals surface area contributed by atoms with Crippen molar-refractivity contribution < 1.29 is 4.74 Å². The van der Waals surface area contributed by atoms with E-state index >= 15 is 0 Å². The molecule has 1 fully saturated rings. The average molecular weight is 463 g/mol. The third-order valence-corrected chi connectivity index (χ3v) is 4.05. The Hall–Kier alpha value is -0.830. The molecule has 2 rings (SSSR count). The monoisotopic (exact) mass is 463 g/mol. The lowest BCUT2D eigenvalue weighted by atomic mass is 10.4. The van der Waals surface area contributed by atoms with Crippen molar-refractivity contribution in [3.8, 4) is 0 Å². The largest absolute Gasteiger partial charge is 0.381 e. The third kappa shape index (κ3) is 9.44. The Bertz CT molecular complexity index is 514. The SMILES string of the molecule is CCNC(=NCCCn1nc(C)cc1C)NCCCOCC1CC1.I. The maximum absolute atomic E-state index is 5.65. The minimum atomic E-state index is 0. The van der Waals surface area contributed by atoms with Gasteiger partial charge in [0.25, 0.3) is 0 Å². The number of rotatable bonds is 11. The van der Waals surface area contributed by atoms with Crippen LogP contribution in [0.2, 0.25) is 0 Å². The minimum absolute atomic E-state index is 0. The van der Waals surface area contributed by atoms with Gasteiger partial charge in [0.2, 0.25) is 0 Å². The van der Waals surface area contributed by atoms with Gasteiger partial charge in [0.1, 0.15) is 0 Å². The molecule has 2 N–H and O–H groups in total. The van der Waals surface area contributed by atoms with E-state index in [4.69, 9.17) is 4.74 Å². The molecule has 0 spiro atoms. The van der Waals surface area contributed by atoms with E-state index in [9.17, 15) is 0 Å². The average Bonchev–Trinajstić information content (AvgIpc) is 3.31. The predicted octanol–water partition coefficient (Wildman–Crippen LogP) is 2.88. The minimum Gasteiger partial charge on any atom is -0.381 e. The molecule has 0 aliphatic heterocycles. The first kappa shape index (κ1) is 22.2. The molecule has 1 heterocycles. The van der Waals surface area contributed by atoms with Gasteiger partial charge in [0.15, 0.2) is 5.96 Å². The van der Waals surface area contributed by atoms with Crippen LogP contribution in [-0.2, 0) is 11.3 Å². The highest BCUT2D eigenvalue weighted by molar-refractivity contribution is 14.0. The number of guanidine groups is 1. The van der Waals surface area contributed by atoms with Crippen molar-refractivity contribution >= 4 is 29.9 Å². The summed E-state index contributed by atoms with van der Waals surface area (Å²) in [6.45, 7) is 11.5. The molecule has 1 aliphatic rings. The normalized spacial score (nSPS) is 14.3. The van der Waals surface area contributed by atoms with Crippen LogP contribution in [0.3, 0.4) is 0 Å². The van der Waals surface area contributed by atoms with Crippen LogP contribution in [0.5, 0.6) is 0 Å². The van der Waals surface area contributed by atoms with Gasteiger partial charge in [-0.1, -0.05) is 0 Å². The number of nitrogens with one attached hydrogen (secondary N) is 2. The van der Waals surface area contributed by atoms with Gasteiger partial charge in [-0.3, -0.25) is 9.67 Å². The number of aliphatic imine (C=N–C) groups is 1. The maximum atomic E-state index is 5.65. The van der Waals surface area contributed by atoms with Gasteiger partial charge in [-0.15, -0.1) is 24.0 Å². The molecule has 1 saturated carbocycles. The van der Waals surface area contributed by atoms with Crippen molar-refractivity contribution in [2.75, 3.05) is 32.8 Å². The zero-order valence-corrected chi connectivity index (χ0v) is 18.2. The summed E-state index contributed by atoms with van der Waals surface area (Å²) in [6, 6.07) is 2.11. The number of hydrogen-bond donors (Lipinski definition) is 2. The van der Waals surface area contributed by atoms with E-state index in [1.54, 1.807) is 0 Å². The van der Waals surface area contributed by atoms with Crippen LogP contribution in [0.1, 0.15) is 44.0 Å². The molecule has 0 saturated heterocycles. The van der Waals surface area contributed by atoms with Crippen molar-refractivity contribution in [3.63, 3.8) is 0 Å². The summed E-state index contributed by atoms with van der Waals surface area (Å²) in [6.07, 6.45) is 4.71. The summed E-state index contributed by atoms with van der Waals surface area (Å²) in [5.74, 6) is 1.74. The lowest BCUT2D eigenvalue weighted by molar-refractivity contribution is 0.123. The van der Waals surface area contributed by atoms with Crippen molar-refractivity contribution in [1.82, 2.24) is 20.4 Å². The summed E-state index contributed by atoms with van der Waals surface area (Å²) >= 11 is 0. The summed E-state index contributed by atoms with van der Waals surface area (Å²) in [5.41, 5.74) is 2.29. The van der Waals surface area contributed by atoms with Gasteiger partial charge in [0, 0.05) is 45.1 Å². The first-order valence-corrected chi connectivity index (χ1v) is 9.30. The van der Waals surface area contributed by atoms with Crippen molar-refractivity contribution in [3.05, 3.63) is 17.5 Å². The van der Waals surface area contributed by atoms with Crippen molar-refractivity contribution in [1.29, 1.82) is 0 Å². The number of aromatic nitrogens is 2. The van der Waals surface area contributed by atoms with Crippen LogP contribution in [-0.4, -0.2) is 48.6 Å². The van der Waals surface area contributed by atoms with E-state index in [-0.39, 0.29) is 24.0 Å². The van der Waals surface area contributed by atoms with E-state index < -0.39 is 0 Å². The summed E-state index contributed by atoms with van der Waals surface area (Å²) in [7, 11) is 0. The molecule has 25 heavy (non-hydrogen) atoms. The highest BCUT2D eigenvalue weighted by Crippen LogP contribution is 2.28. The molecule has 0 unspecified atom stereocenters. The van der Waals surface area contributed by atoms with E-state index in [1.807, 2.05) is 6.92 Å². The fourth-order valence-corrected chi connectivity index (χ4v) is 2.57. The lowest BCUT2D eigenvalue weighted by Gasteiger charge is -2.11. The van der Waals surface area contributed by atoms with E-state index in [0.29, 0.717) is 0 Å². The summed E-state index contributed by atoms with van der Waals surface area (Å²) in [5, 5.41) is 11.1. The van der Waals surface area contributed by atoms with Gasteiger partial charge in [-0.25, -0.2) is 0 Å². The number of halogens is 1. The smallest absolute Gasteiger partial charge is 0.191 e. The number of nitrogens with zero attached hydrogens (tertiary/aromatic N) is 3. The molecule has 0 aromatic carbocycles. The molecule has 7 heteroatoms. The number of hydrogen-bond acceptors (Lipinski definition) is 3. The quantitative estimate of drug-likeness (QED) is 0.229. The number of aryl methyl sites for hydroxylation is 3. The van der Waals surface area contributed by atoms with Gasteiger partial charge in [0.05, 0.1) is 5.69 Å². The fourth-order valence-electron chi connectivity index (χ4n) is 2.57. The molecule has 0 amide bonds. The molecular formula is C18H34IN5O. The predicted molar refractivity (Wildman–Crippen MR) is 114 cm³/mol. The summed E-state index contributed by atoms with van der Waals surface area (Å²) in [4.78, 5) is 4.63. The Balaban J connectivity index is 0.00000312. The molecule has 6 nitrogen and oxygen atoms in total. The molecule has 0 radical (unpaired) electrons. The van der Waals surface area contributed by atoms with Crippen LogP contribution < -0.4 is 10.6 Å². The maximum Gasteiger partial charge on any atom is 0.191 e. The van der Waals surface area contributed by atoms with Crippen molar-refractivity contribution in [2.24, 2.45) is 10.9 Å². The Morgan fingerprint density at radius 2 is 2.12 bits per heavy atom. The highest BCUT2D eigenvalue weighted by Gasteiger charge is 2.20. The molecule has 1 aromatic heterocycles. The standard InChI is InChI=1S/C18H33N5O.HI/c1-4-19-18(21-10-6-12-24-14-17-7-8-17)20-9-5-11-23-16(3)13-15(2)22-23;/h13,17H,4-12,14H2,1-3H3,(H2,19,20,21);1H. The first-order chi connectivity index (χ1) is 11.7. The van der Waals surface area contributed by atoms with Crippen LogP contribution in [0.15, 0.2) is 11.1 Å². The zero-order chi connectivity index (χ0) is 17.2. The second-order valence-electron chi connectivity index (χ2n) is 6.56. The lowest BCUT2D eigenvalue weighted by Crippen LogP contribution is -2.38. The van der Waals surface area contributed by atoms with Crippen LogP contribution >= 0.6 is 24.0 Å². The molecule has 144 valence electrons. The Morgan fingerprint density at radius 3 is 2.76 bits per heavy atom. The Kier molecular flexibility index (Phi) is 11.1. The first-order valence-electron chi connectivity index (χ1n) is 9.30. The van der Waals surface area contributed by atoms with Crippen LogP contribution in [0.25, 0.3) is 0 Å². The Morgan fingerprint density at radius 1 is 1.32 bits per heavy atom. The number of ether oxygens (including phenoxy) is 1. The Labute approximate surface area is 169 Å². The third-order valence-electron chi connectivity index (χ3n) is 4.05. The molecule has 0 atom stereocenters. The van der Waals surface area contributed by atoms with Crippen LogP contribution in [0, 0.1) is 19.8 Å². The van der Waals surface area contributed by atoms with E-state index in [0.717, 1.165) is 69.8 Å². The van der Waals surface area contributed by atoms with Gasteiger partial charge >= 0.3 is 0 Å². The van der Waals surface area contributed by atoms with E-state index in [2.05, 4.69) is 45.3 Å². The molecule has 1 aliphatic carbocycles. The molecule has 1 aromatic rings. The second-order valence-corrected chi connectivity index (χ2v) is 6.56.